The van der Waals surface area contributed by atoms with Crippen molar-refractivity contribution in [1.82, 2.24) is 10.6 Å². The highest BCUT2D eigenvalue weighted by Gasteiger charge is 2.28. The summed E-state index contributed by atoms with van der Waals surface area (Å²) in [6.07, 6.45) is 1.47. The maximum Gasteiger partial charge on any atom is 0.326 e. The van der Waals surface area contributed by atoms with Gasteiger partial charge in [0.1, 0.15) is 12.1 Å². The number of carboxylic acid groups (broad SMARTS) is 1. The van der Waals surface area contributed by atoms with E-state index in [2.05, 4.69) is 10.6 Å². The molecule has 154 valence electrons. The molecule has 0 heterocycles. The minimum atomic E-state index is -1.37. The van der Waals surface area contributed by atoms with E-state index in [1.807, 2.05) is 6.26 Å². The van der Waals surface area contributed by atoms with Gasteiger partial charge in [0.05, 0.1) is 6.04 Å². The van der Waals surface area contributed by atoms with Gasteiger partial charge in [-0.1, -0.05) is 0 Å². The van der Waals surface area contributed by atoms with Crippen LogP contribution in [0.5, 0.6) is 0 Å². The number of primary amides is 2. The molecule has 4 amide bonds. The van der Waals surface area contributed by atoms with Crippen LogP contribution in [-0.2, 0) is 24.0 Å². The van der Waals surface area contributed by atoms with Crippen LogP contribution in [0.2, 0.25) is 0 Å². The lowest BCUT2D eigenvalue weighted by Gasteiger charge is -2.22. The molecular weight excluding hydrogens is 378 g/mol. The Morgan fingerprint density at radius 3 is 1.81 bits per heavy atom. The Labute approximate surface area is 161 Å². The van der Waals surface area contributed by atoms with Crippen molar-refractivity contribution in [2.75, 3.05) is 12.0 Å². The third-order valence-electron chi connectivity index (χ3n) is 3.58. The summed E-state index contributed by atoms with van der Waals surface area (Å²) in [5, 5.41) is 13.8. The van der Waals surface area contributed by atoms with Crippen LogP contribution in [0.1, 0.15) is 32.1 Å². The number of amides is 4. The number of carbonyl (C=O) groups is 5. The van der Waals surface area contributed by atoms with E-state index >= 15 is 0 Å². The number of rotatable bonds is 14. The molecule has 0 aliphatic carbocycles. The highest BCUT2D eigenvalue weighted by Crippen LogP contribution is 2.04. The van der Waals surface area contributed by atoms with Gasteiger partial charge >= 0.3 is 5.97 Å². The van der Waals surface area contributed by atoms with Crippen LogP contribution in [0.3, 0.4) is 0 Å². The van der Waals surface area contributed by atoms with E-state index in [9.17, 15) is 24.0 Å². The Kier molecular flexibility index (Phi) is 11.8. The normalized spacial score (nSPS) is 13.9. The first-order valence-corrected chi connectivity index (χ1v) is 9.62. The first-order chi connectivity index (χ1) is 12.6. The summed E-state index contributed by atoms with van der Waals surface area (Å²) in [5.74, 6) is -3.54. The Morgan fingerprint density at radius 1 is 0.889 bits per heavy atom. The molecule has 0 aliphatic rings. The predicted molar refractivity (Wildman–Crippen MR) is 99.3 cm³/mol. The monoisotopic (exact) mass is 405 g/mol. The second kappa shape index (κ2) is 12.9. The number of hydrogen-bond acceptors (Lipinski definition) is 7. The summed E-state index contributed by atoms with van der Waals surface area (Å²) in [5.41, 5.74) is 15.8. The molecule has 0 saturated carbocycles. The third-order valence-corrected chi connectivity index (χ3v) is 4.22. The van der Waals surface area contributed by atoms with E-state index in [-0.39, 0.29) is 25.7 Å². The maximum atomic E-state index is 12.4. The molecule has 3 unspecified atom stereocenters. The summed E-state index contributed by atoms with van der Waals surface area (Å²) in [6, 6.07) is -3.42. The van der Waals surface area contributed by atoms with Gasteiger partial charge in [0, 0.05) is 12.8 Å². The van der Waals surface area contributed by atoms with Crippen molar-refractivity contribution in [2.45, 2.75) is 50.2 Å². The topological polar surface area (TPSA) is 208 Å². The second-order valence-corrected chi connectivity index (χ2v) is 6.84. The van der Waals surface area contributed by atoms with Crippen LogP contribution in [0.25, 0.3) is 0 Å². The lowest BCUT2D eigenvalue weighted by molar-refractivity contribution is -0.142. The summed E-state index contributed by atoms with van der Waals surface area (Å²) in [7, 11) is 0. The minimum absolute atomic E-state index is 0.121. The molecule has 3 atom stereocenters. The molecule has 0 aromatic carbocycles. The van der Waals surface area contributed by atoms with Gasteiger partial charge in [-0.3, -0.25) is 19.2 Å². The average Bonchev–Trinajstić information content (AvgIpc) is 2.58. The Morgan fingerprint density at radius 2 is 1.37 bits per heavy atom. The highest BCUT2D eigenvalue weighted by atomic mass is 32.2. The van der Waals surface area contributed by atoms with Crippen molar-refractivity contribution in [1.29, 1.82) is 0 Å². The molecule has 0 spiro atoms. The number of hydrogen-bond donors (Lipinski definition) is 6. The molecule has 9 N–H and O–H groups in total. The smallest absolute Gasteiger partial charge is 0.326 e. The van der Waals surface area contributed by atoms with E-state index in [1.54, 1.807) is 0 Å². The van der Waals surface area contributed by atoms with Gasteiger partial charge in [-0.15, -0.1) is 0 Å². The van der Waals surface area contributed by atoms with Crippen LogP contribution in [-0.4, -0.2) is 64.8 Å². The number of nitrogens with two attached hydrogens (primary N) is 3. The van der Waals surface area contributed by atoms with Gasteiger partial charge in [0.25, 0.3) is 0 Å². The number of aliphatic carboxylic acids is 1. The van der Waals surface area contributed by atoms with Crippen LogP contribution < -0.4 is 27.8 Å². The molecule has 0 bridgehead atoms. The van der Waals surface area contributed by atoms with Crippen molar-refractivity contribution in [3.8, 4) is 0 Å². The molecular formula is C15H27N5O6S. The molecule has 12 heteroatoms. The molecule has 11 nitrogen and oxygen atoms in total. The van der Waals surface area contributed by atoms with Crippen LogP contribution in [0, 0.1) is 0 Å². The van der Waals surface area contributed by atoms with Gasteiger partial charge < -0.3 is 32.9 Å². The molecule has 0 aliphatic heterocycles. The minimum Gasteiger partial charge on any atom is -0.480 e. The van der Waals surface area contributed by atoms with Crippen molar-refractivity contribution in [3.05, 3.63) is 0 Å². The van der Waals surface area contributed by atoms with Crippen molar-refractivity contribution >= 4 is 41.4 Å². The Balaban J connectivity index is 5.04. The fraction of sp³-hybridized carbons (Fsp3) is 0.667. The van der Waals surface area contributed by atoms with Crippen LogP contribution in [0.4, 0.5) is 0 Å². The molecule has 0 saturated heterocycles. The molecule has 0 fully saturated rings. The van der Waals surface area contributed by atoms with Crippen molar-refractivity contribution < 1.29 is 29.1 Å². The van der Waals surface area contributed by atoms with E-state index in [1.165, 1.54) is 11.8 Å². The number of carbonyl (C=O) groups excluding carboxylic acids is 4. The lowest BCUT2D eigenvalue weighted by atomic mass is 10.1. The van der Waals surface area contributed by atoms with Gasteiger partial charge in [-0.25, -0.2) is 4.79 Å². The number of thioether (sulfide) groups is 1. The molecule has 27 heavy (non-hydrogen) atoms. The lowest BCUT2D eigenvalue weighted by Crippen LogP contribution is -2.54. The van der Waals surface area contributed by atoms with Crippen LogP contribution in [0.15, 0.2) is 0 Å². The highest BCUT2D eigenvalue weighted by molar-refractivity contribution is 7.98. The van der Waals surface area contributed by atoms with Gasteiger partial charge in [-0.05, 0) is 31.3 Å². The van der Waals surface area contributed by atoms with Crippen molar-refractivity contribution in [2.24, 2.45) is 17.2 Å². The zero-order chi connectivity index (χ0) is 21.0. The fourth-order valence-electron chi connectivity index (χ4n) is 2.03. The molecule has 0 aromatic rings. The summed E-state index contributed by atoms with van der Waals surface area (Å²) in [6.45, 7) is 0. The largest absolute Gasteiger partial charge is 0.480 e. The van der Waals surface area contributed by atoms with E-state index in [4.69, 9.17) is 22.3 Å². The van der Waals surface area contributed by atoms with Gasteiger partial charge in [0.15, 0.2) is 0 Å². The average molecular weight is 405 g/mol. The van der Waals surface area contributed by atoms with E-state index < -0.39 is 47.7 Å². The van der Waals surface area contributed by atoms with Gasteiger partial charge in [-0.2, -0.15) is 11.8 Å². The standard InChI is InChI=1S/C15H27N5O6S/c1-27-7-6-8(16)13(23)19-9(2-4-11(17)21)14(24)20-10(15(25)26)3-5-12(18)22/h8-10H,2-7,16H2,1H3,(H2,17,21)(H2,18,22)(H,19,23)(H,20,24)(H,25,26). The third kappa shape index (κ3) is 11.1. The van der Waals surface area contributed by atoms with Gasteiger partial charge in [0.2, 0.25) is 23.6 Å². The molecule has 0 radical (unpaired) electrons. The quantitative estimate of drug-likeness (QED) is 0.184. The van der Waals surface area contributed by atoms with E-state index in [0.29, 0.717) is 12.2 Å². The Bertz CT molecular complexity index is 559. The SMILES string of the molecule is CSCCC(N)C(=O)NC(CCC(N)=O)C(=O)NC(CCC(N)=O)C(=O)O. The van der Waals surface area contributed by atoms with Crippen molar-refractivity contribution in [3.63, 3.8) is 0 Å². The zero-order valence-electron chi connectivity index (χ0n) is 15.1. The maximum absolute atomic E-state index is 12.4. The number of carboxylic acids is 1. The zero-order valence-corrected chi connectivity index (χ0v) is 15.9. The summed E-state index contributed by atoms with van der Waals surface area (Å²) >= 11 is 1.50. The number of nitrogens with one attached hydrogen (secondary N) is 2. The first-order valence-electron chi connectivity index (χ1n) is 8.23. The van der Waals surface area contributed by atoms with E-state index in [0.717, 1.165) is 0 Å². The fourth-order valence-corrected chi connectivity index (χ4v) is 2.52. The molecule has 0 rings (SSSR count). The summed E-state index contributed by atoms with van der Waals surface area (Å²) in [4.78, 5) is 57.6. The first kappa shape index (κ1) is 24.7. The Hall–Kier alpha value is -2.34. The summed E-state index contributed by atoms with van der Waals surface area (Å²) < 4.78 is 0. The second-order valence-electron chi connectivity index (χ2n) is 5.86. The molecule has 0 aromatic heterocycles. The van der Waals surface area contributed by atoms with Crippen LogP contribution >= 0.6 is 11.8 Å². The predicted octanol–water partition coefficient (Wildman–Crippen LogP) is -2.35.